The van der Waals surface area contributed by atoms with Crippen molar-refractivity contribution in [2.45, 2.75) is 13.0 Å². The van der Waals surface area contributed by atoms with Crippen LogP contribution >= 0.6 is 0 Å². The molecule has 1 saturated heterocycles. The van der Waals surface area contributed by atoms with Gasteiger partial charge in [-0.25, -0.2) is 0 Å². The van der Waals surface area contributed by atoms with E-state index >= 15 is 0 Å². The lowest BCUT2D eigenvalue weighted by atomic mass is 10.2. The van der Waals surface area contributed by atoms with Crippen molar-refractivity contribution >= 4 is 17.3 Å². The Bertz CT molecular complexity index is 805. The molecule has 8 heteroatoms. The van der Waals surface area contributed by atoms with Crippen molar-refractivity contribution in [3.8, 4) is 0 Å². The summed E-state index contributed by atoms with van der Waals surface area (Å²) >= 11 is 0. The minimum absolute atomic E-state index is 0.0573. The molecule has 1 aliphatic rings. The number of benzene rings is 2. The minimum Gasteiger partial charge on any atom is -0.385 e. The molecule has 0 spiro atoms. The molecule has 160 valence electrons. The van der Waals surface area contributed by atoms with E-state index in [9.17, 15) is 14.9 Å². The van der Waals surface area contributed by atoms with Crippen molar-refractivity contribution in [2.24, 2.45) is 0 Å². The lowest BCUT2D eigenvalue weighted by Crippen LogP contribution is -2.49. The van der Waals surface area contributed by atoms with Crippen molar-refractivity contribution in [3.63, 3.8) is 0 Å². The number of piperazine rings is 1. The lowest BCUT2D eigenvalue weighted by molar-refractivity contribution is -0.384. The molecular formula is C22H29N5O3. The first kappa shape index (κ1) is 21.7. The maximum atomic E-state index is 12.2. The number of hydrogen-bond acceptors (Lipinski definition) is 6. The van der Waals surface area contributed by atoms with Crippen LogP contribution in [0.4, 0.5) is 11.4 Å². The molecule has 1 aliphatic heterocycles. The van der Waals surface area contributed by atoms with Crippen LogP contribution in [0, 0.1) is 10.1 Å². The summed E-state index contributed by atoms with van der Waals surface area (Å²) in [5.41, 5.74) is 2.24. The molecule has 0 unspecified atom stereocenters. The highest BCUT2D eigenvalue weighted by Gasteiger charge is 2.18. The molecule has 2 N–H and O–H groups in total. The Kier molecular flexibility index (Phi) is 8.17. The fraction of sp³-hybridized carbons (Fsp3) is 0.409. The second kappa shape index (κ2) is 11.3. The van der Waals surface area contributed by atoms with Crippen LogP contribution in [0.1, 0.15) is 12.0 Å². The number of nitro benzene ring substituents is 1. The molecular weight excluding hydrogens is 382 g/mol. The van der Waals surface area contributed by atoms with E-state index in [1.807, 2.05) is 6.07 Å². The Labute approximate surface area is 177 Å². The summed E-state index contributed by atoms with van der Waals surface area (Å²) in [7, 11) is 0. The Morgan fingerprint density at radius 3 is 2.27 bits per heavy atom. The number of anilines is 1. The zero-order chi connectivity index (χ0) is 21.2. The molecule has 8 nitrogen and oxygen atoms in total. The maximum absolute atomic E-state index is 12.2. The molecule has 0 aliphatic carbocycles. The normalized spacial score (nSPS) is 14.9. The highest BCUT2D eigenvalue weighted by atomic mass is 16.6. The second-order valence-electron chi connectivity index (χ2n) is 7.47. The number of rotatable bonds is 10. The van der Waals surface area contributed by atoms with Gasteiger partial charge in [-0.15, -0.1) is 0 Å². The van der Waals surface area contributed by atoms with E-state index in [1.165, 1.54) is 17.7 Å². The van der Waals surface area contributed by atoms with Gasteiger partial charge in [0.15, 0.2) is 0 Å². The third kappa shape index (κ3) is 7.13. The zero-order valence-electron chi connectivity index (χ0n) is 17.1. The number of nitrogens with zero attached hydrogens (tertiary/aromatic N) is 3. The minimum atomic E-state index is -0.414. The van der Waals surface area contributed by atoms with Crippen molar-refractivity contribution in [1.82, 2.24) is 15.1 Å². The van der Waals surface area contributed by atoms with E-state index < -0.39 is 4.92 Å². The van der Waals surface area contributed by atoms with E-state index in [0.717, 1.165) is 44.8 Å². The van der Waals surface area contributed by atoms with Crippen LogP contribution in [0.5, 0.6) is 0 Å². The summed E-state index contributed by atoms with van der Waals surface area (Å²) in [5, 5.41) is 16.8. The third-order valence-electron chi connectivity index (χ3n) is 5.16. The molecule has 0 atom stereocenters. The van der Waals surface area contributed by atoms with Gasteiger partial charge in [0.25, 0.3) is 5.69 Å². The van der Waals surface area contributed by atoms with Crippen LogP contribution in [-0.2, 0) is 11.3 Å². The number of nitro groups is 1. The standard InChI is InChI=1S/C22H29N5O3/c28-22(24-12-4-11-23-20-7-9-21(10-8-20)27(29)30)18-26-15-13-25(14-16-26)17-19-5-2-1-3-6-19/h1-3,5-10,23H,4,11-18H2,(H,24,28). The predicted molar refractivity (Wildman–Crippen MR) is 117 cm³/mol. The van der Waals surface area contributed by atoms with Crippen molar-refractivity contribution < 1.29 is 9.72 Å². The number of hydrogen-bond donors (Lipinski definition) is 2. The van der Waals surface area contributed by atoms with Gasteiger partial charge in [-0.1, -0.05) is 30.3 Å². The van der Waals surface area contributed by atoms with Gasteiger partial charge in [0.05, 0.1) is 11.5 Å². The van der Waals surface area contributed by atoms with Gasteiger partial charge in [-0.2, -0.15) is 0 Å². The van der Waals surface area contributed by atoms with Crippen molar-refractivity contribution in [1.29, 1.82) is 0 Å². The summed E-state index contributed by atoms with van der Waals surface area (Å²) < 4.78 is 0. The average Bonchev–Trinajstić information content (AvgIpc) is 2.76. The number of non-ortho nitro benzene ring substituents is 1. The highest BCUT2D eigenvalue weighted by molar-refractivity contribution is 5.78. The van der Waals surface area contributed by atoms with Crippen LogP contribution in [0.15, 0.2) is 54.6 Å². The first-order chi connectivity index (χ1) is 14.6. The summed E-state index contributed by atoms with van der Waals surface area (Å²) in [6.45, 7) is 6.45. The Hall–Kier alpha value is -2.97. The summed E-state index contributed by atoms with van der Waals surface area (Å²) in [4.78, 5) is 27.0. The molecule has 1 amide bonds. The fourth-order valence-corrected chi connectivity index (χ4v) is 3.46. The molecule has 1 heterocycles. The Balaban J connectivity index is 1.25. The first-order valence-corrected chi connectivity index (χ1v) is 10.3. The van der Waals surface area contributed by atoms with E-state index in [4.69, 9.17) is 0 Å². The molecule has 0 saturated carbocycles. The van der Waals surface area contributed by atoms with Gasteiger partial charge in [0, 0.05) is 63.6 Å². The monoisotopic (exact) mass is 411 g/mol. The van der Waals surface area contributed by atoms with E-state index in [2.05, 4.69) is 44.7 Å². The summed E-state index contributed by atoms with van der Waals surface area (Å²) in [5.74, 6) is 0.0573. The number of carbonyl (C=O) groups excluding carboxylic acids is 1. The van der Waals surface area contributed by atoms with Gasteiger partial charge in [-0.3, -0.25) is 24.7 Å². The van der Waals surface area contributed by atoms with Gasteiger partial charge < -0.3 is 10.6 Å². The maximum Gasteiger partial charge on any atom is 0.269 e. The van der Waals surface area contributed by atoms with Crippen LogP contribution in [0.3, 0.4) is 0 Å². The number of amides is 1. The van der Waals surface area contributed by atoms with Crippen molar-refractivity contribution in [2.75, 3.05) is 51.1 Å². The Morgan fingerprint density at radius 1 is 0.933 bits per heavy atom. The third-order valence-corrected chi connectivity index (χ3v) is 5.16. The van der Waals surface area contributed by atoms with E-state index in [-0.39, 0.29) is 11.6 Å². The molecule has 3 rings (SSSR count). The summed E-state index contributed by atoms with van der Waals surface area (Å²) in [6.07, 6.45) is 0.785. The molecule has 0 radical (unpaired) electrons. The van der Waals surface area contributed by atoms with Crippen LogP contribution in [0.25, 0.3) is 0 Å². The highest BCUT2D eigenvalue weighted by Crippen LogP contribution is 2.15. The molecule has 30 heavy (non-hydrogen) atoms. The fourth-order valence-electron chi connectivity index (χ4n) is 3.46. The molecule has 0 aromatic heterocycles. The van der Waals surface area contributed by atoms with Gasteiger partial charge >= 0.3 is 0 Å². The average molecular weight is 412 g/mol. The summed E-state index contributed by atoms with van der Waals surface area (Å²) in [6, 6.07) is 16.8. The van der Waals surface area contributed by atoms with Crippen LogP contribution in [-0.4, -0.2) is 66.4 Å². The zero-order valence-corrected chi connectivity index (χ0v) is 17.1. The van der Waals surface area contributed by atoms with Crippen molar-refractivity contribution in [3.05, 3.63) is 70.3 Å². The first-order valence-electron chi connectivity index (χ1n) is 10.3. The second-order valence-corrected chi connectivity index (χ2v) is 7.47. The number of carbonyl (C=O) groups is 1. The topological polar surface area (TPSA) is 90.8 Å². The molecule has 2 aromatic carbocycles. The van der Waals surface area contributed by atoms with E-state index in [0.29, 0.717) is 19.6 Å². The molecule has 1 fully saturated rings. The smallest absolute Gasteiger partial charge is 0.269 e. The molecule has 2 aromatic rings. The van der Waals surface area contributed by atoms with Gasteiger partial charge in [0.1, 0.15) is 0 Å². The van der Waals surface area contributed by atoms with Gasteiger partial charge in [0.2, 0.25) is 5.91 Å². The SMILES string of the molecule is O=C(CN1CCN(Cc2ccccc2)CC1)NCCCNc1ccc([N+](=O)[O-])cc1. The van der Waals surface area contributed by atoms with E-state index in [1.54, 1.807) is 12.1 Å². The largest absolute Gasteiger partial charge is 0.385 e. The quantitative estimate of drug-likeness (QED) is 0.354. The number of nitrogens with one attached hydrogen (secondary N) is 2. The van der Waals surface area contributed by atoms with Crippen LogP contribution in [0.2, 0.25) is 0 Å². The van der Waals surface area contributed by atoms with Crippen LogP contribution < -0.4 is 10.6 Å². The lowest BCUT2D eigenvalue weighted by Gasteiger charge is -2.34. The molecule has 0 bridgehead atoms. The van der Waals surface area contributed by atoms with Gasteiger partial charge in [-0.05, 0) is 24.1 Å². The Morgan fingerprint density at radius 2 is 1.60 bits per heavy atom. The predicted octanol–water partition coefficient (Wildman–Crippen LogP) is 2.33.